The molecule has 10 heteroatoms. The second-order valence-corrected chi connectivity index (χ2v) is 8.05. The zero-order valence-corrected chi connectivity index (χ0v) is 18.7. The number of halogens is 2. The fourth-order valence-electron chi connectivity index (χ4n) is 3.96. The van der Waals surface area contributed by atoms with E-state index in [0.29, 0.717) is 54.7 Å². The van der Waals surface area contributed by atoms with Crippen LogP contribution in [0.5, 0.6) is 0 Å². The summed E-state index contributed by atoms with van der Waals surface area (Å²) in [7, 11) is 0. The zero-order chi connectivity index (χ0) is 23.7. The number of hydrogen-bond acceptors (Lipinski definition) is 4. The van der Waals surface area contributed by atoms with Crippen LogP contribution in [-0.4, -0.2) is 51.8 Å². The van der Waals surface area contributed by atoms with Gasteiger partial charge in [-0.25, -0.2) is 13.6 Å². The van der Waals surface area contributed by atoms with Crippen LogP contribution in [0.25, 0.3) is 10.9 Å². The van der Waals surface area contributed by atoms with Crippen molar-refractivity contribution < 1.29 is 18.7 Å². The Kier molecular flexibility index (Phi) is 6.28. The van der Waals surface area contributed by atoms with Crippen molar-refractivity contribution in [3.63, 3.8) is 0 Å². The number of thiocarbonyl (C=S) groups is 1. The van der Waals surface area contributed by atoms with Crippen LogP contribution in [-0.2, 0) is 6.54 Å². The van der Waals surface area contributed by atoms with Crippen molar-refractivity contribution in [3.8, 4) is 0 Å². The molecule has 2 heterocycles. The summed E-state index contributed by atoms with van der Waals surface area (Å²) in [4.78, 5) is 27.7. The van der Waals surface area contributed by atoms with Crippen molar-refractivity contribution in [2.75, 3.05) is 36.4 Å². The number of nitrogens with one attached hydrogen (secondary N) is 1. The predicted molar refractivity (Wildman–Crippen MR) is 127 cm³/mol. The molecule has 172 valence electrons. The molecule has 0 atom stereocenters. The minimum absolute atomic E-state index is 0.0342. The number of para-hydroxylation sites is 1. The number of aromatic nitrogens is 1. The molecule has 0 unspecified atom stereocenters. The van der Waals surface area contributed by atoms with E-state index in [1.807, 2.05) is 16.7 Å². The Morgan fingerprint density at radius 1 is 1.12 bits per heavy atom. The number of carboxylic acids is 1. The number of pyridine rings is 1. The third-order valence-corrected chi connectivity index (χ3v) is 6.10. The number of fused-ring (bicyclic) bond motifs is 1. The lowest BCUT2D eigenvalue weighted by Crippen LogP contribution is -2.50. The molecule has 1 aromatic heterocycles. The molecule has 3 aromatic rings. The normalized spacial score (nSPS) is 13.9. The molecule has 0 saturated carbocycles. The number of anilines is 2. The van der Waals surface area contributed by atoms with E-state index in [1.165, 1.54) is 12.3 Å². The second kappa shape index (κ2) is 9.14. The molecule has 2 N–H and O–H groups in total. The van der Waals surface area contributed by atoms with Crippen LogP contribution in [0.3, 0.4) is 0 Å². The largest absolute Gasteiger partial charge is 0.477 e. The fraction of sp³-hybridized carbons (Fsp3) is 0.261. The molecule has 33 heavy (non-hydrogen) atoms. The Labute approximate surface area is 193 Å². The second-order valence-electron chi connectivity index (χ2n) is 7.67. The van der Waals surface area contributed by atoms with Gasteiger partial charge in [0.15, 0.2) is 5.11 Å². The summed E-state index contributed by atoms with van der Waals surface area (Å²) in [5, 5.41) is 12.6. The van der Waals surface area contributed by atoms with Crippen LogP contribution >= 0.6 is 12.2 Å². The Bertz CT molecular complexity index is 1300. The lowest BCUT2D eigenvalue weighted by molar-refractivity contribution is 0.0695. The van der Waals surface area contributed by atoms with E-state index in [-0.39, 0.29) is 10.9 Å². The van der Waals surface area contributed by atoms with Crippen LogP contribution < -0.4 is 15.6 Å². The van der Waals surface area contributed by atoms with Gasteiger partial charge in [0.05, 0.1) is 16.9 Å². The number of hydrogen-bond donors (Lipinski definition) is 2. The summed E-state index contributed by atoms with van der Waals surface area (Å²) in [6.07, 6.45) is 1.29. The van der Waals surface area contributed by atoms with Crippen molar-refractivity contribution in [1.82, 2.24) is 9.47 Å². The quantitative estimate of drug-likeness (QED) is 0.563. The van der Waals surface area contributed by atoms with E-state index >= 15 is 4.39 Å². The summed E-state index contributed by atoms with van der Waals surface area (Å²) in [5.74, 6) is -2.33. The lowest BCUT2D eigenvalue weighted by Gasteiger charge is -2.37. The number of carboxylic acid groups (broad SMARTS) is 1. The first kappa shape index (κ1) is 22.7. The van der Waals surface area contributed by atoms with Gasteiger partial charge < -0.3 is 24.8 Å². The van der Waals surface area contributed by atoms with Gasteiger partial charge in [0.1, 0.15) is 17.2 Å². The molecule has 1 fully saturated rings. The molecule has 1 aliphatic heterocycles. The average Bonchev–Trinajstić information content (AvgIpc) is 2.80. The lowest BCUT2D eigenvalue weighted by atomic mass is 10.1. The summed E-state index contributed by atoms with van der Waals surface area (Å²) in [6.45, 7) is 4.16. The van der Waals surface area contributed by atoms with Crippen LogP contribution in [0.1, 0.15) is 17.3 Å². The van der Waals surface area contributed by atoms with Crippen LogP contribution in [0, 0.1) is 11.6 Å². The van der Waals surface area contributed by atoms with Crippen molar-refractivity contribution in [2.24, 2.45) is 0 Å². The molecule has 1 saturated heterocycles. The van der Waals surface area contributed by atoms with E-state index in [9.17, 15) is 19.1 Å². The molecule has 0 amide bonds. The van der Waals surface area contributed by atoms with Crippen molar-refractivity contribution in [3.05, 3.63) is 70.0 Å². The third kappa shape index (κ3) is 4.38. The maximum Gasteiger partial charge on any atom is 0.341 e. The first-order valence-corrected chi connectivity index (χ1v) is 10.9. The Hall–Kier alpha value is -3.53. The topological polar surface area (TPSA) is 77.8 Å². The van der Waals surface area contributed by atoms with E-state index < -0.39 is 23.0 Å². The first-order valence-electron chi connectivity index (χ1n) is 10.5. The SMILES string of the molecule is CCn1cc(C(=O)O)c(=O)c2cc(F)c(N3CCN(C(=S)Nc4ccccc4F)CC3)cc21. The predicted octanol–water partition coefficient (Wildman–Crippen LogP) is 3.52. The molecule has 1 aliphatic rings. The summed E-state index contributed by atoms with van der Waals surface area (Å²) in [6, 6.07) is 8.96. The van der Waals surface area contributed by atoms with Gasteiger partial charge in [-0.1, -0.05) is 12.1 Å². The number of aromatic carboxylic acids is 1. The van der Waals surface area contributed by atoms with Crippen molar-refractivity contribution >= 4 is 45.6 Å². The Balaban J connectivity index is 1.56. The van der Waals surface area contributed by atoms with Crippen molar-refractivity contribution in [1.29, 1.82) is 0 Å². The van der Waals surface area contributed by atoms with Gasteiger partial charge in [-0.2, -0.15) is 0 Å². The smallest absolute Gasteiger partial charge is 0.341 e. The van der Waals surface area contributed by atoms with Gasteiger partial charge in [-0.3, -0.25) is 4.79 Å². The van der Waals surface area contributed by atoms with Crippen molar-refractivity contribution in [2.45, 2.75) is 13.5 Å². The third-order valence-electron chi connectivity index (χ3n) is 5.74. The highest BCUT2D eigenvalue weighted by Crippen LogP contribution is 2.26. The number of rotatable bonds is 4. The van der Waals surface area contributed by atoms with Gasteiger partial charge in [-0.15, -0.1) is 0 Å². The molecule has 0 aliphatic carbocycles. The highest BCUT2D eigenvalue weighted by atomic mass is 32.1. The summed E-state index contributed by atoms with van der Waals surface area (Å²) >= 11 is 5.41. The maximum absolute atomic E-state index is 15.0. The fourth-order valence-corrected chi connectivity index (χ4v) is 4.26. The monoisotopic (exact) mass is 472 g/mol. The molecule has 2 aromatic carbocycles. The highest BCUT2D eigenvalue weighted by Gasteiger charge is 2.23. The average molecular weight is 473 g/mol. The van der Waals surface area contributed by atoms with Crippen LogP contribution in [0.2, 0.25) is 0 Å². The maximum atomic E-state index is 15.0. The molecule has 4 rings (SSSR count). The van der Waals surface area contributed by atoms with Gasteiger partial charge in [0.2, 0.25) is 5.43 Å². The Morgan fingerprint density at radius 2 is 1.82 bits per heavy atom. The highest BCUT2D eigenvalue weighted by molar-refractivity contribution is 7.80. The van der Waals surface area contributed by atoms with Crippen LogP contribution in [0.4, 0.5) is 20.2 Å². The van der Waals surface area contributed by atoms with Gasteiger partial charge >= 0.3 is 5.97 Å². The number of nitrogens with zero attached hydrogens (tertiary/aromatic N) is 3. The molecule has 7 nitrogen and oxygen atoms in total. The van der Waals surface area contributed by atoms with E-state index in [0.717, 1.165) is 6.07 Å². The van der Waals surface area contributed by atoms with Crippen LogP contribution in [0.15, 0.2) is 47.4 Å². The molecule has 0 radical (unpaired) electrons. The number of carbonyl (C=O) groups is 1. The standard InChI is InChI=1S/C23H22F2N4O3S/c1-2-27-13-15(22(31)32)21(30)14-11-17(25)20(12-19(14)27)28-7-9-29(10-8-28)23(33)26-18-6-4-3-5-16(18)24/h3-6,11-13H,2,7-10H2,1H3,(H,26,33)(H,31,32). The molecular weight excluding hydrogens is 450 g/mol. The number of aryl methyl sites for hydroxylation is 1. The van der Waals surface area contributed by atoms with Gasteiger partial charge in [-0.05, 0) is 43.4 Å². The summed E-state index contributed by atoms with van der Waals surface area (Å²) in [5.41, 5.74) is 0.00895. The summed E-state index contributed by atoms with van der Waals surface area (Å²) < 4.78 is 30.5. The molecule has 0 spiro atoms. The van der Waals surface area contributed by atoms with Gasteiger partial charge in [0.25, 0.3) is 0 Å². The number of benzene rings is 2. The van der Waals surface area contributed by atoms with E-state index in [4.69, 9.17) is 12.2 Å². The minimum atomic E-state index is -1.34. The Morgan fingerprint density at radius 3 is 2.45 bits per heavy atom. The molecular formula is C23H22F2N4O3S. The zero-order valence-electron chi connectivity index (χ0n) is 17.8. The molecule has 0 bridgehead atoms. The van der Waals surface area contributed by atoms with E-state index in [1.54, 1.807) is 28.8 Å². The number of piperazine rings is 1. The first-order chi connectivity index (χ1) is 15.8. The van der Waals surface area contributed by atoms with Gasteiger partial charge in [0, 0.05) is 44.3 Å². The van der Waals surface area contributed by atoms with E-state index in [2.05, 4.69) is 5.32 Å². The minimum Gasteiger partial charge on any atom is -0.477 e.